The van der Waals surface area contributed by atoms with Crippen LogP contribution in [-0.2, 0) is 4.79 Å². The summed E-state index contributed by atoms with van der Waals surface area (Å²) >= 11 is 0. The van der Waals surface area contributed by atoms with Gasteiger partial charge in [0.25, 0.3) is 0 Å². The second kappa shape index (κ2) is 10.3. The molecule has 1 aliphatic heterocycles. The molecule has 3 aromatic carbocycles. The minimum atomic E-state index is -0.157. The molecule has 1 heterocycles. The Labute approximate surface area is 207 Å². The first-order valence-corrected chi connectivity index (χ1v) is 12.6. The molecule has 0 unspecified atom stereocenters. The summed E-state index contributed by atoms with van der Waals surface area (Å²) in [7, 11) is 0. The van der Waals surface area contributed by atoms with Crippen LogP contribution in [0, 0.1) is 5.92 Å². The topological polar surface area (TPSA) is 58.6 Å². The number of carbonyl (C=O) groups excluding carboxylic acids is 2. The number of nitrogens with zero attached hydrogens (tertiary/aromatic N) is 1. The Kier molecular flexibility index (Phi) is 6.84. The Morgan fingerprint density at radius 2 is 1.63 bits per heavy atom. The standard InChI is InChI=1S/C30H32N2O3/c1-21(33)19-22-7-9-23(10-8-22)24-11-13-25(14-12-24)26-15-16-28-29(20-26)35-18-17-32(28)30(34)31-27-5-3-2-4-6-27/h2-6,11-16,20,22-23H,7-10,17-19H2,1H3,(H,31,34). The number of Topliss-reactive ketones (excluding diaryl/α,β-unsaturated/α-hetero) is 1. The summed E-state index contributed by atoms with van der Waals surface area (Å²) in [5.74, 6) is 2.18. The fourth-order valence-corrected chi connectivity index (χ4v) is 5.38. The molecular formula is C30H32N2O3. The zero-order valence-electron chi connectivity index (χ0n) is 20.2. The third-order valence-corrected chi connectivity index (χ3v) is 7.23. The van der Waals surface area contributed by atoms with Crippen molar-refractivity contribution in [3.63, 3.8) is 0 Å². The van der Waals surface area contributed by atoms with Crippen molar-refractivity contribution in [2.45, 2.75) is 44.9 Å². The van der Waals surface area contributed by atoms with E-state index in [-0.39, 0.29) is 6.03 Å². The Morgan fingerprint density at radius 3 is 2.34 bits per heavy atom. The number of carbonyl (C=O) groups is 2. The van der Waals surface area contributed by atoms with Crippen molar-refractivity contribution in [3.05, 3.63) is 78.4 Å². The molecule has 0 radical (unpaired) electrons. The predicted molar refractivity (Wildman–Crippen MR) is 140 cm³/mol. The quantitative estimate of drug-likeness (QED) is 0.437. The zero-order valence-corrected chi connectivity index (χ0v) is 20.2. The van der Waals surface area contributed by atoms with Crippen molar-refractivity contribution in [3.8, 4) is 16.9 Å². The van der Waals surface area contributed by atoms with Crippen molar-refractivity contribution in [2.24, 2.45) is 5.92 Å². The number of ketones is 1. The van der Waals surface area contributed by atoms with E-state index in [1.165, 1.54) is 5.56 Å². The van der Waals surface area contributed by atoms with Gasteiger partial charge in [0.05, 0.1) is 12.2 Å². The SMILES string of the molecule is CC(=O)CC1CCC(c2ccc(-c3ccc4c(c3)OCCN4C(=O)Nc3ccccc3)cc2)CC1. The van der Waals surface area contributed by atoms with Crippen LogP contribution in [-0.4, -0.2) is 25.0 Å². The fourth-order valence-electron chi connectivity index (χ4n) is 5.38. The number of benzene rings is 3. The summed E-state index contributed by atoms with van der Waals surface area (Å²) in [6, 6.07) is 24.2. The van der Waals surface area contributed by atoms with Gasteiger partial charge in [0.2, 0.25) is 0 Å². The van der Waals surface area contributed by atoms with Gasteiger partial charge in [0.1, 0.15) is 18.1 Å². The molecule has 2 amide bonds. The molecule has 1 N–H and O–H groups in total. The lowest BCUT2D eigenvalue weighted by atomic mass is 9.77. The summed E-state index contributed by atoms with van der Waals surface area (Å²) in [5, 5.41) is 2.96. The number of hydrogen-bond donors (Lipinski definition) is 1. The molecule has 3 aromatic rings. The zero-order chi connectivity index (χ0) is 24.2. The number of ether oxygens (including phenoxy) is 1. The van der Waals surface area contributed by atoms with Crippen molar-refractivity contribution >= 4 is 23.2 Å². The predicted octanol–water partition coefficient (Wildman–Crippen LogP) is 7.04. The highest BCUT2D eigenvalue weighted by Crippen LogP contribution is 2.39. The van der Waals surface area contributed by atoms with Crippen LogP contribution < -0.4 is 15.0 Å². The van der Waals surface area contributed by atoms with Gasteiger partial charge in [-0.05, 0) is 85.4 Å². The van der Waals surface area contributed by atoms with Crippen LogP contribution in [0.3, 0.4) is 0 Å². The number of rotatable bonds is 5. The number of urea groups is 1. The summed E-state index contributed by atoms with van der Waals surface area (Å²) in [6.07, 6.45) is 5.33. The van der Waals surface area contributed by atoms with Gasteiger partial charge in [0.15, 0.2) is 0 Å². The molecule has 5 rings (SSSR count). The van der Waals surface area contributed by atoms with E-state index in [1.807, 2.05) is 42.5 Å². The summed E-state index contributed by atoms with van der Waals surface area (Å²) < 4.78 is 5.93. The minimum Gasteiger partial charge on any atom is -0.490 e. The van der Waals surface area contributed by atoms with Crippen LogP contribution in [0.25, 0.3) is 11.1 Å². The molecular weight excluding hydrogens is 436 g/mol. The first kappa shape index (κ1) is 23.2. The van der Waals surface area contributed by atoms with Crippen LogP contribution in [0.15, 0.2) is 72.8 Å². The lowest BCUT2D eigenvalue weighted by Crippen LogP contribution is -2.40. The van der Waals surface area contributed by atoms with Crippen LogP contribution in [0.2, 0.25) is 0 Å². The van der Waals surface area contributed by atoms with E-state index in [1.54, 1.807) is 11.8 Å². The largest absolute Gasteiger partial charge is 0.490 e. The highest BCUT2D eigenvalue weighted by atomic mass is 16.5. The fraction of sp³-hybridized carbons (Fsp3) is 0.333. The van der Waals surface area contributed by atoms with Gasteiger partial charge in [-0.2, -0.15) is 0 Å². The molecule has 1 fully saturated rings. The third-order valence-electron chi connectivity index (χ3n) is 7.23. The molecule has 180 valence electrons. The average molecular weight is 469 g/mol. The van der Waals surface area contributed by atoms with E-state index >= 15 is 0 Å². The Morgan fingerprint density at radius 1 is 0.914 bits per heavy atom. The average Bonchev–Trinajstić information content (AvgIpc) is 2.89. The number of para-hydroxylation sites is 1. The maximum absolute atomic E-state index is 12.9. The molecule has 35 heavy (non-hydrogen) atoms. The molecule has 2 aliphatic rings. The summed E-state index contributed by atoms with van der Waals surface area (Å²) in [4.78, 5) is 26.0. The number of nitrogens with one attached hydrogen (secondary N) is 1. The molecule has 0 bridgehead atoms. The molecule has 0 aromatic heterocycles. The Balaban J connectivity index is 1.27. The van der Waals surface area contributed by atoms with Crippen molar-refractivity contribution in [1.82, 2.24) is 0 Å². The summed E-state index contributed by atoms with van der Waals surface area (Å²) in [6.45, 7) is 2.67. The van der Waals surface area contributed by atoms with Gasteiger partial charge >= 0.3 is 6.03 Å². The number of amides is 2. The van der Waals surface area contributed by atoms with Gasteiger partial charge in [0, 0.05) is 12.1 Å². The van der Waals surface area contributed by atoms with E-state index in [0.29, 0.717) is 30.8 Å². The minimum absolute atomic E-state index is 0.157. The molecule has 5 heteroatoms. The maximum Gasteiger partial charge on any atom is 0.326 e. The lowest BCUT2D eigenvalue weighted by Gasteiger charge is -2.30. The van der Waals surface area contributed by atoms with Gasteiger partial charge in [-0.1, -0.05) is 48.5 Å². The van der Waals surface area contributed by atoms with Crippen LogP contribution >= 0.6 is 0 Å². The number of hydrogen-bond acceptors (Lipinski definition) is 3. The molecule has 1 saturated carbocycles. The highest BCUT2D eigenvalue weighted by molar-refractivity contribution is 6.03. The second-order valence-corrected chi connectivity index (χ2v) is 9.72. The first-order chi connectivity index (χ1) is 17.1. The normalized spacial score (nSPS) is 19.4. The van der Waals surface area contributed by atoms with Crippen LogP contribution in [0.1, 0.15) is 50.5 Å². The van der Waals surface area contributed by atoms with E-state index in [9.17, 15) is 9.59 Å². The smallest absolute Gasteiger partial charge is 0.326 e. The van der Waals surface area contributed by atoms with Crippen molar-refractivity contribution in [1.29, 1.82) is 0 Å². The number of anilines is 2. The van der Waals surface area contributed by atoms with E-state index in [0.717, 1.165) is 60.4 Å². The number of fused-ring (bicyclic) bond motifs is 1. The van der Waals surface area contributed by atoms with Gasteiger partial charge < -0.3 is 14.8 Å². The first-order valence-electron chi connectivity index (χ1n) is 12.6. The van der Waals surface area contributed by atoms with Gasteiger partial charge in [-0.25, -0.2) is 4.79 Å². The van der Waals surface area contributed by atoms with Crippen molar-refractivity contribution < 1.29 is 14.3 Å². The van der Waals surface area contributed by atoms with E-state index < -0.39 is 0 Å². The highest BCUT2D eigenvalue weighted by Gasteiger charge is 2.25. The molecule has 5 nitrogen and oxygen atoms in total. The monoisotopic (exact) mass is 468 g/mol. The van der Waals surface area contributed by atoms with Crippen molar-refractivity contribution in [2.75, 3.05) is 23.4 Å². The molecule has 0 saturated heterocycles. The second-order valence-electron chi connectivity index (χ2n) is 9.72. The molecule has 0 spiro atoms. The van der Waals surface area contributed by atoms with E-state index in [2.05, 4.69) is 35.6 Å². The lowest BCUT2D eigenvalue weighted by molar-refractivity contribution is -0.118. The van der Waals surface area contributed by atoms with Gasteiger partial charge in [-0.3, -0.25) is 4.90 Å². The Bertz CT molecular complexity index is 1180. The van der Waals surface area contributed by atoms with E-state index in [4.69, 9.17) is 4.74 Å². The Hall–Kier alpha value is -3.60. The van der Waals surface area contributed by atoms with Gasteiger partial charge in [-0.15, -0.1) is 0 Å². The maximum atomic E-state index is 12.9. The van der Waals surface area contributed by atoms with Crippen LogP contribution in [0.4, 0.5) is 16.2 Å². The summed E-state index contributed by atoms with van der Waals surface area (Å²) in [5.41, 5.74) is 5.15. The van der Waals surface area contributed by atoms with Crippen LogP contribution in [0.5, 0.6) is 5.75 Å². The molecule has 1 aliphatic carbocycles. The molecule has 0 atom stereocenters. The third kappa shape index (κ3) is 5.40.